The topological polar surface area (TPSA) is 72.2 Å². The van der Waals surface area contributed by atoms with Gasteiger partial charge in [0.25, 0.3) is 5.56 Å². The molecule has 0 unspecified atom stereocenters. The van der Waals surface area contributed by atoms with Crippen LogP contribution in [0.3, 0.4) is 0 Å². The van der Waals surface area contributed by atoms with Crippen molar-refractivity contribution in [1.29, 1.82) is 0 Å². The number of carbonyl (C=O) groups is 1. The summed E-state index contributed by atoms with van der Waals surface area (Å²) < 4.78 is 1.33. The van der Waals surface area contributed by atoms with E-state index >= 15 is 0 Å². The Balaban J connectivity index is 2.47. The highest BCUT2D eigenvalue weighted by molar-refractivity contribution is 7.20. The summed E-state index contributed by atoms with van der Waals surface area (Å²) in [6, 6.07) is 3.91. The van der Waals surface area contributed by atoms with Crippen molar-refractivity contribution in [2.75, 3.05) is 0 Å². The van der Waals surface area contributed by atoms with E-state index in [1.54, 1.807) is 11.3 Å². The molecular weight excluding hydrogens is 344 g/mol. The van der Waals surface area contributed by atoms with Gasteiger partial charge in [0.1, 0.15) is 16.2 Å². The Hall–Kier alpha value is -1.99. The first-order chi connectivity index (χ1) is 11.3. The van der Waals surface area contributed by atoms with Gasteiger partial charge in [-0.15, -0.1) is 22.7 Å². The molecule has 0 spiro atoms. The molecule has 0 bridgehead atoms. The van der Waals surface area contributed by atoms with Gasteiger partial charge in [-0.1, -0.05) is 13.0 Å². The Morgan fingerprint density at radius 2 is 2.12 bits per heavy atom. The number of carboxylic acid groups (broad SMARTS) is 1. The first-order valence-electron chi connectivity index (χ1n) is 7.61. The zero-order chi connectivity index (χ0) is 17.6. The Kier molecular flexibility index (Phi) is 4.09. The third-order valence-electron chi connectivity index (χ3n) is 4.14. The minimum atomic E-state index is -1.35. The molecule has 0 saturated carbocycles. The molecule has 0 fully saturated rings. The van der Waals surface area contributed by atoms with Crippen LogP contribution in [0.15, 0.2) is 22.3 Å². The van der Waals surface area contributed by atoms with Gasteiger partial charge >= 0.3 is 5.97 Å². The van der Waals surface area contributed by atoms with Crippen LogP contribution in [-0.2, 0) is 16.8 Å². The lowest BCUT2D eigenvalue weighted by atomic mass is 10.0. The molecule has 0 aliphatic rings. The number of carboxylic acids is 1. The van der Waals surface area contributed by atoms with Gasteiger partial charge in [0.2, 0.25) is 0 Å². The molecule has 0 amide bonds. The van der Waals surface area contributed by atoms with E-state index in [0.29, 0.717) is 22.5 Å². The molecule has 0 aliphatic heterocycles. The van der Waals surface area contributed by atoms with Gasteiger partial charge in [-0.3, -0.25) is 9.36 Å². The van der Waals surface area contributed by atoms with Crippen LogP contribution in [0.5, 0.6) is 0 Å². The fourth-order valence-electron chi connectivity index (χ4n) is 2.83. The van der Waals surface area contributed by atoms with Gasteiger partial charge in [0.05, 0.1) is 5.39 Å². The SMILES string of the molecule is CCc1nc2sc(C)c(-c3cccs3)c2c(=O)n1C(C)(C)C(=O)O. The standard InChI is InChI=1S/C17H18N2O3S2/c1-5-11-18-14-13(15(20)19(11)17(3,4)16(21)22)12(9(2)24-14)10-7-6-8-23-10/h6-8H,5H2,1-4H3,(H,21,22). The molecule has 0 aliphatic carbocycles. The summed E-state index contributed by atoms with van der Waals surface area (Å²) in [5.74, 6) is -0.552. The lowest BCUT2D eigenvalue weighted by Crippen LogP contribution is -2.44. The predicted octanol–water partition coefficient (Wildman–Crippen LogP) is 3.88. The maximum Gasteiger partial charge on any atom is 0.329 e. The quantitative estimate of drug-likeness (QED) is 0.764. The third-order valence-corrected chi connectivity index (χ3v) is 6.02. The fourth-order valence-corrected chi connectivity index (χ4v) is 4.78. The number of aryl methyl sites for hydroxylation is 2. The van der Waals surface area contributed by atoms with Crippen molar-refractivity contribution in [1.82, 2.24) is 9.55 Å². The van der Waals surface area contributed by atoms with Gasteiger partial charge in [0.15, 0.2) is 0 Å². The molecule has 3 heterocycles. The third kappa shape index (κ3) is 2.39. The van der Waals surface area contributed by atoms with Gasteiger partial charge in [-0.2, -0.15) is 0 Å². The van der Waals surface area contributed by atoms with E-state index in [1.165, 1.54) is 29.8 Å². The first kappa shape index (κ1) is 16.9. The first-order valence-corrected chi connectivity index (χ1v) is 9.31. The molecular formula is C17H18N2O3S2. The van der Waals surface area contributed by atoms with Crippen molar-refractivity contribution >= 4 is 38.9 Å². The van der Waals surface area contributed by atoms with Crippen LogP contribution in [0.2, 0.25) is 0 Å². The van der Waals surface area contributed by atoms with Crippen LogP contribution in [0.1, 0.15) is 31.5 Å². The highest BCUT2D eigenvalue weighted by atomic mass is 32.1. The van der Waals surface area contributed by atoms with Crippen molar-refractivity contribution in [2.24, 2.45) is 0 Å². The largest absolute Gasteiger partial charge is 0.480 e. The average molecular weight is 362 g/mol. The lowest BCUT2D eigenvalue weighted by molar-refractivity contribution is -0.146. The number of nitrogens with zero attached hydrogens (tertiary/aromatic N) is 2. The number of aliphatic carboxylic acids is 1. The maximum absolute atomic E-state index is 13.3. The minimum absolute atomic E-state index is 0.281. The van der Waals surface area contributed by atoms with Crippen LogP contribution in [0.25, 0.3) is 20.7 Å². The van der Waals surface area contributed by atoms with Gasteiger partial charge in [-0.25, -0.2) is 9.78 Å². The van der Waals surface area contributed by atoms with Crippen LogP contribution >= 0.6 is 22.7 Å². The van der Waals surface area contributed by atoms with E-state index in [-0.39, 0.29) is 5.56 Å². The molecule has 0 atom stereocenters. The van der Waals surface area contributed by atoms with E-state index in [1.807, 2.05) is 31.4 Å². The van der Waals surface area contributed by atoms with E-state index in [9.17, 15) is 14.7 Å². The van der Waals surface area contributed by atoms with Crippen molar-refractivity contribution in [3.05, 3.63) is 38.6 Å². The summed E-state index contributed by atoms with van der Waals surface area (Å²) in [7, 11) is 0. The predicted molar refractivity (Wildman–Crippen MR) is 98.3 cm³/mol. The maximum atomic E-state index is 13.3. The molecule has 24 heavy (non-hydrogen) atoms. The lowest BCUT2D eigenvalue weighted by Gasteiger charge is -2.25. The molecule has 3 rings (SSSR count). The monoisotopic (exact) mass is 362 g/mol. The number of aromatic nitrogens is 2. The molecule has 3 aromatic heterocycles. The number of hydrogen-bond donors (Lipinski definition) is 1. The molecule has 5 nitrogen and oxygen atoms in total. The Morgan fingerprint density at radius 3 is 2.67 bits per heavy atom. The summed E-state index contributed by atoms with van der Waals surface area (Å²) in [6.45, 7) is 6.92. The number of rotatable bonds is 4. The number of hydrogen-bond acceptors (Lipinski definition) is 5. The van der Waals surface area contributed by atoms with Crippen LogP contribution < -0.4 is 5.56 Å². The molecule has 7 heteroatoms. The van der Waals surface area contributed by atoms with Crippen molar-refractivity contribution in [3.63, 3.8) is 0 Å². The summed E-state index contributed by atoms with van der Waals surface area (Å²) >= 11 is 3.05. The van der Waals surface area contributed by atoms with Crippen LogP contribution in [-0.4, -0.2) is 20.6 Å². The van der Waals surface area contributed by atoms with Crippen LogP contribution in [0, 0.1) is 6.92 Å². The molecule has 3 aromatic rings. The summed E-state index contributed by atoms with van der Waals surface area (Å²) in [4.78, 5) is 32.3. The van der Waals surface area contributed by atoms with E-state index in [2.05, 4.69) is 4.98 Å². The summed E-state index contributed by atoms with van der Waals surface area (Å²) in [5, 5.41) is 12.1. The van der Waals surface area contributed by atoms with Crippen molar-refractivity contribution in [3.8, 4) is 10.4 Å². The van der Waals surface area contributed by atoms with E-state index < -0.39 is 11.5 Å². The summed E-state index contributed by atoms with van der Waals surface area (Å²) in [6.07, 6.45) is 0.493. The molecule has 0 aromatic carbocycles. The Labute approximate surface area is 147 Å². The number of thiophene rings is 2. The van der Waals surface area contributed by atoms with Gasteiger partial charge in [0, 0.05) is 21.7 Å². The fraction of sp³-hybridized carbons (Fsp3) is 0.353. The second-order valence-electron chi connectivity index (χ2n) is 6.08. The second-order valence-corrected chi connectivity index (χ2v) is 8.23. The van der Waals surface area contributed by atoms with Crippen LogP contribution in [0.4, 0.5) is 0 Å². The smallest absolute Gasteiger partial charge is 0.329 e. The van der Waals surface area contributed by atoms with Crippen molar-refractivity contribution in [2.45, 2.75) is 39.7 Å². The zero-order valence-corrected chi connectivity index (χ0v) is 15.5. The van der Waals surface area contributed by atoms with Gasteiger partial charge < -0.3 is 5.11 Å². The summed E-state index contributed by atoms with van der Waals surface area (Å²) in [5.41, 5.74) is -0.760. The van der Waals surface area contributed by atoms with Gasteiger partial charge in [-0.05, 0) is 32.2 Å². The molecule has 1 N–H and O–H groups in total. The average Bonchev–Trinajstić information content (AvgIpc) is 3.12. The Bertz CT molecular complexity index is 982. The van der Waals surface area contributed by atoms with Crippen molar-refractivity contribution < 1.29 is 9.90 Å². The van der Waals surface area contributed by atoms with E-state index in [0.717, 1.165) is 15.3 Å². The Morgan fingerprint density at radius 1 is 1.42 bits per heavy atom. The molecule has 126 valence electrons. The number of fused-ring (bicyclic) bond motifs is 1. The minimum Gasteiger partial charge on any atom is -0.480 e. The normalized spacial score (nSPS) is 12.0. The highest BCUT2D eigenvalue weighted by Crippen LogP contribution is 2.38. The molecule has 0 saturated heterocycles. The highest BCUT2D eigenvalue weighted by Gasteiger charge is 2.34. The molecule has 0 radical (unpaired) electrons. The van der Waals surface area contributed by atoms with E-state index in [4.69, 9.17) is 0 Å². The second kappa shape index (κ2) is 5.82. The zero-order valence-electron chi connectivity index (χ0n) is 13.9.